The molecule has 7 heteroatoms. The van der Waals surface area contributed by atoms with E-state index in [9.17, 15) is 14.9 Å². The molecule has 0 aliphatic carbocycles. The van der Waals surface area contributed by atoms with Gasteiger partial charge in [0.2, 0.25) is 0 Å². The van der Waals surface area contributed by atoms with Gasteiger partial charge in [-0.25, -0.2) is 0 Å². The summed E-state index contributed by atoms with van der Waals surface area (Å²) in [5.41, 5.74) is 1.18. The highest BCUT2D eigenvalue weighted by atomic mass is 79.9. The first-order valence-electron chi connectivity index (χ1n) is 6.05. The minimum Gasteiger partial charge on any atom is -0.383 e. The highest BCUT2D eigenvalue weighted by Gasteiger charge is 2.16. The summed E-state index contributed by atoms with van der Waals surface area (Å²) < 4.78 is 0.758. The van der Waals surface area contributed by atoms with Crippen LogP contribution in [0.2, 0.25) is 0 Å². The third-order valence-corrected chi connectivity index (χ3v) is 3.54. The van der Waals surface area contributed by atoms with E-state index in [1.165, 1.54) is 18.2 Å². The van der Waals surface area contributed by atoms with Crippen molar-refractivity contribution in [2.45, 2.75) is 0 Å². The van der Waals surface area contributed by atoms with E-state index in [2.05, 4.69) is 26.6 Å². The van der Waals surface area contributed by atoms with E-state index in [4.69, 9.17) is 0 Å². The zero-order valence-electron chi connectivity index (χ0n) is 11.1. The van der Waals surface area contributed by atoms with Gasteiger partial charge in [0, 0.05) is 23.2 Å². The van der Waals surface area contributed by atoms with Crippen molar-refractivity contribution in [1.82, 2.24) is 0 Å². The largest absolute Gasteiger partial charge is 0.383 e. The number of amides is 1. The number of carbonyl (C=O) groups is 1. The SMILES string of the molecule is CNc1cc(C(=O)Nc2ccccc2Br)ccc1[N+](=O)[O-]. The molecule has 0 saturated carbocycles. The molecule has 0 aliphatic heterocycles. The molecule has 0 radical (unpaired) electrons. The molecule has 6 nitrogen and oxygen atoms in total. The van der Waals surface area contributed by atoms with Gasteiger partial charge in [-0.2, -0.15) is 0 Å². The van der Waals surface area contributed by atoms with Crippen LogP contribution < -0.4 is 10.6 Å². The van der Waals surface area contributed by atoms with Crippen LogP contribution >= 0.6 is 15.9 Å². The van der Waals surface area contributed by atoms with Crippen LogP contribution in [0.1, 0.15) is 10.4 Å². The van der Waals surface area contributed by atoms with Gasteiger partial charge < -0.3 is 10.6 Å². The Kier molecular flexibility index (Phi) is 4.54. The minimum atomic E-state index is -0.499. The van der Waals surface area contributed by atoms with E-state index in [1.54, 1.807) is 19.2 Å². The molecule has 0 aliphatic rings. The van der Waals surface area contributed by atoms with Gasteiger partial charge in [0.1, 0.15) is 5.69 Å². The fourth-order valence-electron chi connectivity index (χ4n) is 1.79. The summed E-state index contributed by atoms with van der Waals surface area (Å²) >= 11 is 3.34. The Morgan fingerprint density at radius 1 is 1.19 bits per heavy atom. The standard InChI is InChI=1S/C14H12BrN3O3/c1-16-12-8-9(6-7-13(12)18(20)21)14(19)17-11-5-3-2-4-10(11)15/h2-8,16H,1H3,(H,17,19). The molecule has 2 N–H and O–H groups in total. The smallest absolute Gasteiger partial charge is 0.292 e. The average molecular weight is 350 g/mol. The number of halogens is 1. The molecule has 108 valence electrons. The lowest BCUT2D eigenvalue weighted by Gasteiger charge is -2.08. The van der Waals surface area contributed by atoms with Crippen LogP contribution in [0.25, 0.3) is 0 Å². The number of nitro groups is 1. The van der Waals surface area contributed by atoms with Crippen LogP contribution in [0.15, 0.2) is 46.9 Å². The normalized spacial score (nSPS) is 10.0. The van der Waals surface area contributed by atoms with E-state index in [0.717, 1.165) is 4.47 Å². The Hall–Kier alpha value is -2.41. The van der Waals surface area contributed by atoms with Crippen molar-refractivity contribution in [1.29, 1.82) is 0 Å². The Balaban J connectivity index is 2.28. The first kappa shape index (κ1) is 15.0. The number of nitrogens with one attached hydrogen (secondary N) is 2. The number of rotatable bonds is 4. The molecule has 0 saturated heterocycles. The number of benzene rings is 2. The summed E-state index contributed by atoms with van der Waals surface area (Å²) in [4.78, 5) is 22.5. The van der Waals surface area contributed by atoms with Crippen molar-refractivity contribution in [3.63, 3.8) is 0 Å². The fourth-order valence-corrected chi connectivity index (χ4v) is 2.18. The molecule has 1 amide bonds. The van der Waals surface area contributed by atoms with Gasteiger partial charge in [0.05, 0.1) is 10.6 Å². The maximum absolute atomic E-state index is 12.2. The zero-order chi connectivity index (χ0) is 15.4. The van der Waals surface area contributed by atoms with Gasteiger partial charge in [-0.3, -0.25) is 14.9 Å². The second-order valence-corrected chi connectivity index (χ2v) is 5.03. The number of carbonyl (C=O) groups excluding carboxylic acids is 1. The predicted molar refractivity (Wildman–Crippen MR) is 84.7 cm³/mol. The van der Waals surface area contributed by atoms with Gasteiger partial charge in [-0.1, -0.05) is 12.1 Å². The van der Waals surface area contributed by atoms with E-state index in [-0.39, 0.29) is 11.6 Å². The topological polar surface area (TPSA) is 84.3 Å². The summed E-state index contributed by atoms with van der Waals surface area (Å²) in [5.74, 6) is -0.340. The van der Waals surface area contributed by atoms with Gasteiger partial charge in [-0.05, 0) is 40.2 Å². The second kappa shape index (κ2) is 6.36. The number of hydrogen-bond donors (Lipinski definition) is 2. The molecule has 0 bridgehead atoms. The molecule has 0 unspecified atom stereocenters. The van der Waals surface area contributed by atoms with Gasteiger partial charge >= 0.3 is 0 Å². The van der Waals surface area contributed by atoms with Crippen molar-refractivity contribution < 1.29 is 9.72 Å². The van der Waals surface area contributed by atoms with E-state index in [0.29, 0.717) is 16.9 Å². The van der Waals surface area contributed by atoms with E-state index >= 15 is 0 Å². The van der Waals surface area contributed by atoms with Crippen LogP contribution in [-0.2, 0) is 0 Å². The third-order valence-electron chi connectivity index (χ3n) is 2.85. The zero-order valence-corrected chi connectivity index (χ0v) is 12.7. The summed E-state index contributed by atoms with van der Waals surface area (Å²) in [6.07, 6.45) is 0. The molecule has 0 heterocycles. The number of nitro benzene ring substituents is 1. The number of hydrogen-bond acceptors (Lipinski definition) is 4. The first-order valence-corrected chi connectivity index (χ1v) is 6.84. The number of anilines is 2. The maximum atomic E-state index is 12.2. The highest BCUT2D eigenvalue weighted by Crippen LogP contribution is 2.26. The average Bonchev–Trinajstić information content (AvgIpc) is 2.48. The van der Waals surface area contributed by atoms with Crippen LogP contribution in [0.3, 0.4) is 0 Å². The molecule has 2 aromatic rings. The Labute approximate surface area is 129 Å². The molecule has 0 aromatic heterocycles. The number of nitrogens with zero attached hydrogens (tertiary/aromatic N) is 1. The molecule has 2 aromatic carbocycles. The van der Waals surface area contributed by atoms with E-state index in [1.807, 2.05) is 12.1 Å². The summed E-state index contributed by atoms with van der Waals surface area (Å²) in [7, 11) is 1.57. The van der Waals surface area contributed by atoms with Crippen molar-refractivity contribution >= 4 is 38.9 Å². The molecular weight excluding hydrogens is 338 g/mol. The molecule has 0 spiro atoms. The number of para-hydroxylation sites is 1. The highest BCUT2D eigenvalue weighted by molar-refractivity contribution is 9.10. The lowest BCUT2D eigenvalue weighted by molar-refractivity contribution is -0.383. The quantitative estimate of drug-likeness (QED) is 0.651. The Bertz CT molecular complexity index is 704. The molecule has 21 heavy (non-hydrogen) atoms. The summed E-state index contributed by atoms with van der Waals surface area (Å²) in [6, 6.07) is 11.4. The van der Waals surface area contributed by atoms with Crippen LogP contribution in [-0.4, -0.2) is 17.9 Å². The molecule has 0 atom stereocenters. The van der Waals surface area contributed by atoms with Crippen molar-refractivity contribution in [3.8, 4) is 0 Å². The summed E-state index contributed by atoms with van der Waals surface area (Å²) in [5, 5.41) is 16.3. The van der Waals surface area contributed by atoms with Crippen molar-refractivity contribution in [2.24, 2.45) is 0 Å². The predicted octanol–water partition coefficient (Wildman–Crippen LogP) is 3.65. The lowest BCUT2D eigenvalue weighted by Crippen LogP contribution is -2.12. The van der Waals surface area contributed by atoms with E-state index < -0.39 is 4.92 Å². The van der Waals surface area contributed by atoms with Crippen LogP contribution in [0.5, 0.6) is 0 Å². The fraction of sp³-hybridized carbons (Fsp3) is 0.0714. The van der Waals surface area contributed by atoms with Gasteiger partial charge in [0.15, 0.2) is 0 Å². The Morgan fingerprint density at radius 2 is 1.90 bits per heavy atom. The maximum Gasteiger partial charge on any atom is 0.292 e. The third kappa shape index (κ3) is 3.38. The molecule has 0 fully saturated rings. The van der Waals surface area contributed by atoms with Crippen LogP contribution in [0.4, 0.5) is 17.1 Å². The second-order valence-electron chi connectivity index (χ2n) is 4.17. The van der Waals surface area contributed by atoms with Gasteiger partial charge in [-0.15, -0.1) is 0 Å². The lowest BCUT2D eigenvalue weighted by atomic mass is 10.1. The van der Waals surface area contributed by atoms with Crippen LogP contribution in [0, 0.1) is 10.1 Å². The Morgan fingerprint density at radius 3 is 2.52 bits per heavy atom. The summed E-state index contributed by atoms with van der Waals surface area (Å²) in [6.45, 7) is 0. The minimum absolute atomic E-state index is 0.0741. The monoisotopic (exact) mass is 349 g/mol. The van der Waals surface area contributed by atoms with Crippen molar-refractivity contribution in [2.75, 3.05) is 17.7 Å². The molecule has 2 rings (SSSR count). The first-order chi connectivity index (χ1) is 10.0. The molecular formula is C14H12BrN3O3. The van der Waals surface area contributed by atoms with Gasteiger partial charge in [0.25, 0.3) is 11.6 Å². The van der Waals surface area contributed by atoms with Crippen molar-refractivity contribution in [3.05, 3.63) is 62.6 Å².